The molecule has 3 N–H and O–H groups in total. The Morgan fingerprint density at radius 3 is 2.67 bits per heavy atom. The Bertz CT molecular complexity index is 730. The van der Waals surface area contributed by atoms with Gasteiger partial charge in [-0.2, -0.15) is 4.99 Å². The molecule has 0 spiro atoms. The molecule has 1 aromatic rings. The van der Waals surface area contributed by atoms with E-state index in [0.29, 0.717) is 18.7 Å². The first-order chi connectivity index (χ1) is 13.0. The van der Waals surface area contributed by atoms with Crippen molar-refractivity contribution in [3.05, 3.63) is 41.7 Å². The van der Waals surface area contributed by atoms with E-state index < -0.39 is 5.97 Å². The second-order valence-corrected chi connectivity index (χ2v) is 6.78. The molecule has 1 atom stereocenters. The number of aliphatic hydroxyl groups is 1. The number of carbonyl (C=O) groups excluding carboxylic acids is 1. The number of hydrogen-bond acceptors (Lipinski definition) is 4. The van der Waals surface area contributed by atoms with Crippen molar-refractivity contribution in [2.24, 2.45) is 4.99 Å². The number of carboxylic acids is 1. The lowest BCUT2D eigenvalue weighted by Gasteiger charge is -2.25. The highest BCUT2D eigenvalue weighted by atomic mass is 16.4. The zero-order valence-electron chi connectivity index (χ0n) is 15.7. The van der Waals surface area contributed by atoms with E-state index in [2.05, 4.69) is 17.2 Å². The van der Waals surface area contributed by atoms with Crippen LogP contribution in [-0.2, 0) is 16.0 Å². The number of para-hydroxylation sites is 1. The zero-order valence-corrected chi connectivity index (χ0v) is 15.7. The van der Waals surface area contributed by atoms with Crippen molar-refractivity contribution < 1.29 is 24.3 Å². The fraction of sp³-hybridized carbons (Fsp3) is 0.450. The van der Waals surface area contributed by atoms with Gasteiger partial charge in [0.1, 0.15) is 6.20 Å². The van der Waals surface area contributed by atoms with Crippen molar-refractivity contribution in [3.63, 3.8) is 0 Å². The molecule has 1 aromatic carbocycles. The van der Waals surface area contributed by atoms with Gasteiger partial charge in [0.15, 0.2) is 18.6 Å². The number of aliphatic imine (C=N–C) groups is 1. The Balaban J connectivity index is 2.11. The van der Waals surface area contributed by atoms with E-state index in [4.69, 9.17) is 5.11 Å². The summed E-state index contributed by atoms with van der Waals surface area (Å²) in [5, 5.41) is 21.2. The molecule has 0 bridgehead atoms. The van der Waals surface area contributed by atoms with Gasteiger partial charge in [0.05, 0.1) is 6.54 Å². The lowest BCUT2D eigenvalue weighted by Crippen LogP contribution is -2.44. The number of quaternary nitrogens is 1. The zero-order chi connectivity index (χ0) is 19.7. The number of amides is 1. The monoisotopic (exact) mass is 374 g/mol. The summed E-state index contributed by atoms with van der Waals surface area (Å²) in [6, 6.07) is 7.27. The molecular formula is C20H28N3O4+. The second kappa shape index (κ2) is 9.99. The van der Waals surface area contributed by atoms with Crippen LogP contribution in [0.4, 0.5) is 5.69 Å². The SMILES string of the molecule is CCCCCC[N+]1(CC(=O)O)C=NC(C(=O)Nc2ccccc2CCO)=C1. The summed E-state index contributed by atoms with van der Waals surface area (Å²) in [7, 11) is 0. The molecule has 7 nitrogen and oxygen atoms in total. The standard InChI is InChI=1S/C20H27N3O4/c1-2-3-4-7-11-23(14-19(25)26)13-18(21-15-23)20(27)22-17-9-6-5-8-16(17)10-12-24/h5-6,8-9,13,15,24H,2-4,7,10-12,14H2,1H3,(H-,22,25,26,27)/p+1. The maximum atomic E-state index is 12.6. The van der Waals surface area contributed by atoms with E-state index in [9.17, 15) is 14.7 Å². The molecule has 0 fully saturated rings. The third-order valence-corrected chi connectivity index (χ3v) is 4.54. The van der Waals surface area contributed by atoms with Gasteiger partial charge in [0.25, 0.3) is 5.91 Å². The van der Waals surface area contributed by atoms with Crippen molar-refractivity contribution in [1.29, 1.82) is 0 Å². The van der Waals surface area contributed by atoms with Crippen LogP contribution >= 0.6 is 0 Å². The van der Waals surface area contributed by atoms with Crippen molar-refractivity contribution >= 4 is 23.9 Å². The number of rotatable bonds is 11. The second-order valence-electron chi connectivity index (χ2n) is 6.78. The van der Waals surface area contributed by atoms with Crippen LogP contribution in [0.3, 0.4) is 0 Å². The third-order valence-electron chi connectivity index (χ3n) is 4.54. The van der Waals surface area contributed by atoms with Crippen LogP contribution in [0.25, 0.3) is 0 Å². The molecule has 27 heavy (non-hydrogen) atoms. The minimum atomic E-state index is -0.928. The fourth-order valence-corrected chi connectivity index (χ4v) is 3.14. The molecule has 1 amide bonds. The molecule has 0 aliphatic carbocycles. The first kappa shape index (κ1) is 20.8. The molecule has 0 saturated carbocycles. The van der Waals surface area contributed by atoms with E-state index in [0.717, 1.165) is 31.2 Å². The first-order valence-electron chi connectivity index (χ1n) is 9.36. The molecule has 2 rings (SSSR count). The molecule has 1 unspecified atom stereocenters. The molecule has 0 radical (unpaired) electrons. The maximum absolute atomic E-state index is 12.6. The minimum absolute atomic E-state index is 0.00982. The van der Waals surface area contributed by atoms with Crippen molar-refractivity contribution in [3.8, 4) is 0 Å². The number of hydrogen-bond donors (Lipinski definition) is 3. The van der Waals surface area contributed by atoms with Crippen molar-refractivity contribution in [2.75, 3.05) is 25.0 Å². The summed E-state index contributed by atoms with van der Waals surface area (Å²) in [6.07, 6.45) is 7.71. The van der Waals surface area contributed by atoms with Gasteiger partial charge in [-0.15, -0.1) is 0 Å². The van der Waals surface area contributed by atoms with E-state index in [1.165, 1.54) is 0 Å². The summed E-state index contributed by atoms with van der Waals surface area (Å²) in [5.41, 5.74) is 1.67. The quantitative estimate of drug-likeness (QED) is 0.409. The average molecular weight is 374 g/mol. The van der Waals surface area contributed by atoms with Crippen LogP contribution in [0.5, 0.6) is 0 Å². The molecule has 7 heteroatoms. The number of aliphatic hydroxyl groups excluding tert-OH is 1. The minimum Gasteiger partial charge on any atom is -0.477 e. The van der Waals surface area contributed by atoms with Gasteiger partial charge < -0.3 is 15.5 Å². The highest BCUT2D eigenvalue weighted by molar-refractivity contribution is 6.05. The smallest absolute Gasteiger partial charge is 0.360 e. The van der Waals surface area contributed by atoms with Crippen LogP contribution in [-0.4, -0.2) is 52.6 Å². The van der Waals surface area contributed by atoms with Crippen LogP contribution in [0.15, 0.2) is 41.2 Å². The number of unbranched alkanes of at least 4 members (excludes halogenated alkanes) is 3. The molecule has 1 aliphatic heterocycles. The number of carbonyl (C=O) groups is 2. The Labute approximate surface area is 159 Å². The lowest BCUT2D eigenvalue weighted by molar-refractivity contribution is -0.771. The van der Waals surface area contributed by atoms with Crippen molar-refractivity contribution in [2.45, 2.75) is 39.0 Å². The van der Waals surface area contributed by atoms with Crippen LogP contribution in [0, 0.1) is 0 Å². The van der Waals surface area contributed by atoms with E-state index >= 15 is 0 Å². The molecular weight excluding hydrogens is 346 g/mol. The summed E-state index contributed by atoms with van der Waals surface area (Å²) in [4.78, 5) is 28.1. The van der Waals surface area contributed by atoms with E-state index in [-0.39, 0.29) is 29.2 Å². The van der Waals surface area contributed by atoms with Gasteiger partial charge >= 0.3 is 5.97 Å². The summed E-state index contributed by atoms with van der Waals surface area (Å²) in [6.45, 7) is 2.58. The van der Waals surface area contributed by atoms with Crippen LogP contribution in [0.1, 0.15) is 38.2 Å². The number of anilines is 1. The van der Waals surface area contributed by atoms with Crippen LogP contribution < -0.4 is 5.32 Å². The third kappa shape index (κ3) is 6.01. The van der Waals surface area contributed by atoms with Gasteiger partial charge in [0, 0.05) is 12.3 Å². The van der Waals surface area contributed by atoms with Crippen LogP contribution in [0.2, 0.25) is 0 Å². The van der Waals surface area contributed by atoms with Gasteiger partial charge in [-0.3, -0.25) is 4.79 Å². The molecule has 0 saturated heterocycles. The number of benzene rings is 1. The molecule has 0 aromatic heterocycles. The van der Waals surface area contributed by atoms with E-state index in [1.807, 2.05) is 12.1 Å². The average Bonchev–Trinajstić information content (AvgIpc) is 3.04. The summed E-state index contributed by atoms with van der Waals surface area (Å²) >= 11 is 0. The van der Waals surface area contributed by atoms with Gasteiger partial charge in [-0.1, -0.05) is 38.0 Å². The maximum Gasteiger partial charge on any atom is 0.360 e. The normalized spacial score (nSPS) is 18.4. The Kier molecular flexibility index (Phi) is 7.69. The number of nitrogens with zero attached hydrogens (tertiary/aromatic N) is 2. The van der Waals surface area contributed by atoms with E-state index in [1.54, 1.807) is 24.7 Å². The molecule has 146 valence electrons. The highest BCUT2D eigenvalue weighted by Gasteiger charge is 2.34. The highest BCUT2D eigenvalue weighted by Crippen LogP contribution is 2.22. The first-order valence-corrected chi connectivity index (χ1v) is 9.36. The topological polar surface area (TPSA) is 99.0 Å². The van der Waals surface area contributed by atoms with Gasteiger partial charge in [-0.25, -0.2) is 9.28 Å². The Hall–Kier alpha value is -2.51. The van der Waals surface area contributed by atoms with Gasteiger partial charge in [-0.05, 0) is 30.9 Å². The summed E-state index contributed by atoms with van der Waals surface area (Å²) in [5.74, 6) is -1.31. The van der Waals surface area contributed by atoms with Crippen molar-refractivity contribution in [1.82, 2.24) is 0 Å². The Morgan fingerprint density at radius 1 is 1.19 bits per heavy atom. The number of aliphatic carboxylic acids is 1. The number of carboxylic acid groups (broad SMARTS) is 1. The fourth-order valence-electron chi connectivity index (χ4n) is 3.14. The largest absolute Gasteiger partial charge is 0.477 e. The Morgan fingerprint density at radius 2 is 1.96 bits per heavy atom. The predicted octanol–water partition coefficient (Wildman–Crippen LogP) is 2.52. The van der Waals surface area contributed by atoms with Gasteiger partial charge in [0.2, 0.25) is 0 Å². The molecule has 1 aliphatic rings. The molecule has 1 heterocycles. The number of nitrogens with one attached hydrogen (secondary N) is 1. The summed E-state index contributed by atoms with van der Waals surface area (Å²) < 4.78 is 0.0556. The lowest BCUT2D eigenvalue weighted by atomic mass is 10.1. The predicted molar refractivity (Wildman–Crippen MR) is 104 cm³/mol.